The van der Waals surface area contributed by atoms with Crippen molar-refractivity contribution in [3.63, 3.8) is 0 Å². The molecule has 1 amide bonds. The number of carboxylic acids is 1. The second-order valence-corrected chi connectivity index (χ2v) is 6.45. The molecule has 0 saturated heterocycles. The number of unbranched alkanes of at least 4 members (excludes halogenated alkanes) is 2. The van der Waals surface area contributed by atoms with Crippen LogP contribution in [0.2, 0.25) is 0 Å². The van der Waals surface area contributed by atoms with Crippen LogP contribution in [0.1, 0.15) is 36.4 Å². The van der Waals surface area contributed by atoms with Gasteiger partial charge in [-0.1, -0.05) is 6.42 Å². The van der Waals surface area contributed by atoms with Gasteiger partial charge in [-0.3, -0.25) is 9.59 Å². The lowest BCUT2D eigenvalue weighted by Crippen LogP contribution is -2.26. The number of nitrogens with one attached hydrogen (secondary N) is 1. The highest BCUT2D eigenvalue weighted by molar-refractivity contribution is 7.99. The maximum absolute atomic E-state index is 11.5. The molecule has 20 heavy (non-hydrogen) atoms. The summed E-state index contributed by atoms with van der Waals surface area (Å²) in [7, 11) is 0. The van der Waals surface area contributed by atoms with Gasteiger partial charge in [0, 0.05) is 24.1 Å². The number of rotatable bonds is 10. The highest BCUT2D eigenvalue weighted by atomic mass is 32.2. The summed E-state index contributed by atoms with van der Waals surface area (Å²) < 4.78 is 0. The van der Waals surface area contributed by atoms with E-state index in [0.717, 1.165) is 29.3 Å². The van der Waals surface area contributed by atoms with Crippen LogP contribution in [0.5, 0.6) is 0 Å². The summed E-state index contributed by atoms with van der Waals surface area (Å²) in [4.78, 5) is 26.2. The molecule has 0 atom stereocenters. The number of hydrogen-bond acceptors (Lipinski definition) is 5. The van der Waals surface area contributed by atoms with Gasteiger partial charge in [-0.15, -0.1) is 23.1 Å². The minimum absolute atomic E-state index is 0.0280. The lowest BCUT2D eigenvalue weighted by Gasteiger charge is -2.04. The Labute approximate surface area is 127 Å². The predicted octanol–water partition coefficient (Wildman–Crippen LogP) is 2.45. The lowest BCUT2D eigenvalue weighted by molar-refractivity contribution is -0.137. The minimum atomic E-state index is -0.761. The molecule has 0 aromatic carbocycles. The number of carbonyl (C=O) groups is 2. The van der Waals surface area contributed by atoms with Gasteiger partial charge in [0.15, 0.2) is 0 Å². The van der Waals surface area contributed by atoms with E-state index >= 15 is 0 Å². The zero-order chi connectivity index (χ0) is 14.8. The Bertz CT molecular complexity index is 435. The number of carboxylic acid groups (broad SMARTS) is 1. The number of thioether (sulfide) groups is 1. The number of amides is 1. The summed E-state index contributed by atoms with van der Waals surface area (Å²) in [6, 6.07) is 0. The van der Waals surface area contributed by atoms with E-state index in [2.05, 4.69) is 10.3 Å². The van der Waals surface area contributed by atoms with Crippen LogP contribution in [0.15, 0.2) is 5.38 Å². The number of thiazole rings is 1. The summed E-state index contributed by atoms with van der Waals surface area (Å²) >= 11 is 3.17. The first-order valence-electron chi connectivity index (χ1n) is 6.55. The maximum Gasteiger partial charge on any atom is 0.303 e. The quantitative estimate of drug-likeness (QED) is 0.648. The van der Waals surface area contributed by atoms with E-state index in [4.69, 9.17) is 5.11 Å². The Balaban J connectivity index is 1.96. The highest BCUT2D eigenvalue weighted by Gasteiger charge is 2.03. The number of aliphatic carboxylic acids is 1. The molecular weight excluding hydrogens is 296 g/mol. The van der Waals surface area contributed by atoms with Crippen LogP contribution in [-0.4, -0.2) is 34.3 Å². The molecule has 0 spiro atoms. The molecule has 0 unspecified atom stereocenters. The van der Waals surface area contributed by atoms with Crippen molar-refractivity contribution in [1.29, 1.82) is 0 Å². The van der Waals surface area contributed by atoms with E-state index < -0.39 is 5.97 Å². The van der Waals surface area contributed by atoms with Crippen LogP contribution in [0.25, 0.3) is 0 Å². The minimum Gasteiger partial charge on any atom is -0.481 e. The van der Waals surface area contributed by atoms with Crippen molar-refractivity contribution >= 4 is 35.0 Å². The fourth-order valence-electron chi connectivity index (χ4n) is 1.58. The SMILES string of the molecule is Cc1nc(CSCC(=O)NCCCCCC(=O)O)cs1. The van der Waals surface area contributed by atoms with Gasteiger partial charge in [-0.2, -0.15) is 0 Å². The van der Waals surface area contributed by atoms with Crippen LogP contribution in [0, 0.1) is 6.92 Å². The zero-order valence-corrected chi connectivity index (χ0v) is 13.2. The molecule has 1 aromatic heterocycles. The number of nitrogens with zero attached hydrogens (tertiary/aromatic N) is 1. The molecule has 0 aliphatic carbocycles. The molecule has 7 heteroatoms. The molecule has 1 aromatic rings. The van der Waals surface area contributed by atoms with E-state index in [1.54, 1.807) is 23.1 Å². The molecule has 0 saturated carbocycles. The summed E-state index contributed by atoms with van der Waals surface area (Å²) in [5.74, 6) is 0.463. The molecule has 5 nitrogen and oxygen atoms in total. The van der Waals surface area contributed by atoms with Crippen LogP contribution < -0.4 is 5.32 Å². The molecule has 0 fully saturated rings. The molecule has 0 aliphatic heterocycles. The Morgan fingerprint density at radius 1 is 1.40 bits per heavy atom. The van der Waals surface area contributed by atoms with E-state index in [0.29, 0.717) is 18.7 Å². The van der Waals surface area contributed by atoms with Crippen molar-refractivity contribution < 1.29 is 14.7 Å². The average Bonchev–Trinajstić information content (AvgIpc) is 2.79. The lowest BCUT2D eigenvalue weighted by atomic mass is 10.2. The summed E-state index contributed by atoms with van der Waals surface area (Å²) in [5, 5.41) is 14.4. The molecule has 1 rings (SSSR count). The molecule has 0 bridgehead atoms. The molecular formula is C13H20N2O3S2. The molecule has 1 heterocycles. The smallest absolute Gasteiger partial charge is 0.303 e. The fourth-order valence-corrected chi connectivity index (χ4v) is 3.04. The first kappa shape index (κ1) is 17.0. The summed E-state index contributed by atoms with van der Waals surface area (Å²) in [5.41, 5.74) is 1.03. The van der Waals surface area contributed by atoms with Crippen molar-refractivity contribution in [3.8, 4) is 0 Å². The van der Waals surface area contributed by atoms with E-state index in [1.165, 1.54) is 0 Å². The van der Waals surface area contributed by atoms with Gasteiger partial charge in [-0.05, 0) is 19.8 Å². The van der Waals surface area contributed by atoms with Gasteiger partial charge < -0.3 is 10.4 Å². The number of carbonyl (C=O) groups excluding carboxylic acids is 1. The van der Waals surface area contributed by atoms with Gasteiger partial charge in [0.1, 0.15) is 0 Å². The van der Waals surface area contributed by atoms with Gasteiger partial charge in [0.25, 0.3) is 0 Å². The Hall–Kier alpha value is -1.08. The van der Waals surface area contributed by atoms with Crippen molar-refractivity contribution in [2.45, 2.75) is 38.4 Å². The third-order valence-electron chi connectivity index (χ3n) is 2.54. The Morgan fingerprint density at radius 3 is 2.85 bits per heavy atom. The van der Waals surface area contributed by atoms with Gasteiger partial charge in [0.2, 0.25) is 5.91 Å². The molecule has 0 radical (unpaired) electrons. The molecule has 112 valence electrons. The second-order valence-electron chi connectivity index (χ2n) is 4.41. The third-order valence-corrected chi connectivity index (χ3v) is 4.33. The van der Waals surface area contributed by atoms with E-state index in [1.807, 2.05) is 12.3 Å². The standard InChI is InChI=1S/C13H20N2O3S2/c1-10-15-11(8-20-10)7-19-9-12(16)14-6-4-2-3-5-13(17)18/h8H,2-7,9H2,1H3,(H,14,16)(H,17,18). The average molecular weight is 316 g/mol. The van der Waals surface area contributed by atoms with Crippen LogP contribution in [-0.2, 0) is 15.3 Å². The molecule has 2 N–H and O–H groups in total. The Kier molecular flexibility index (Phi) is 8.29. The van der Waals surface area contributed by atoms with Crippen molar-refractivity contribution in [3.05, 3.63) is 16.1 Å². The van der Waals surface area contributed by atoms with Crippen molar-refractivity contribution in [1.82, 2.24) is 10.3 Å². The highest BCUT2D eigenvalue weighted by Crippen LogP contribution is 2.14. The van der Waals surface area contributed by atoms with Crippen molar-refractivity contribution in [2.75, 3.05) is 12.3 Å². The summed E-state index contributed by atoms with van der Waals surface area (Å²) in [6.45, 7) is 2.59. The normalized spacial score (nSPS) is 10.4. The third kappa shape index (κ3) is 8.16. The van der Waals surface area contributed by atoms with Crippen molar-refractivity contribution in [2.24, 2.45) is 0 Å². The van der Waals surface area contributed by atoms with E-state index in [-0.39, 0.29) is 12.3 Å². The van der Waals surface area contributed by atoms with Crippen LogP contribution in [0.4, 0.5) is 0 Å². The second kappa shape index (κ2) is 9.77. The van der Waals surface area contributed by atoms with Gasteiger partial charge >= 0.3 is 5.97 Å². The van der Waals surface area contributed by atoms with Crippen LogP contribution in [0.3, 0.4) is 0 Å². The maximum atomic E-state index is 11.5. The van der Waals surface area contributed by atoms with Gasteiger partial charge in [-0.25, -0.2) is 4.98 Å². The monoisotopic (exact) mass is 316 g/mol. The predicted molar refractivity (Wildman–Crippen MR) is 82.1 cm³/mol. The largest absolute Gasteiger partial charge is 0.481 e. The topological polar surface area (TPSA) is 79.3 Å². The fraction of sp³-hybridized carbons (Fsp3) is 0.615. The van der Waals surface area contributed by atoms with Gasteiger partial charge in [0.05, 0.1) is 16.5 Å². The Morgan fingerprint density at radius 2 is 2.20 bits per heavy atom. The van der Waals surface area contributed by atoms with E-state index in [9.17, 15) is 9.59 Å². The first-order chi connectivity index (χ1) is 9.58. The first-order valence-corrected chi connectivity index (χ1v) is 8.58. The molecule has 0 aliphatic rings. The summed E-state index contributed by atoms with van der Waals surface area (Å²) in [6.07, 6.45) is 2.53. The zero-order valence-electron chi connectivity index (χ0n) is 11.6. The van der Waals surface area contributed by atoms with Crippen LogP contribution >= 0.6 is 23.1 Å². The number of hydrogen-bond donors (Lipinski definition) is 2. The number of aromatic nitrogens is 1. The number of aryl methyl sites for hydroxylation is 1.